The Morgan fingerprint density at radius 2 is 0.806 bits per heavy atom. The molecule has 214 valence electrons. The fraction of sp³-hybridized carbons (Fsp3) is 0.938. The van der Waals surface area contributed by atoms with Gasteiger partial charge in [0.25, 0.3) is 0 Å². The summed E-state index contributed by atoms with van der Waals surface area (Å²) < 4.78 is 5.05. The van der Waals surface area contributed by atoms with E-state index in [0.717, 1.165) is 32.1 Å². The Kier molecular flexibility index (Phi) is 28.9. The lowest BCUT2D eigenvalue weighted by molar-refractivity contribution is -0.159. The normalized spacial score (nSPS) is 12.1. The van der Waals surface area contributed by atoms with Crippen LogP contribution in [0, 0.1) is 0 Å². The average molecular weight is 574 g/mol. The molecule has 0 aromatic rings. The van der Waals surface area contributed by atoms with Crippen LogP contribution in [0.4, 0.5) is 0 Å². The Bertz CT molecular complexity index is 480. The summed E-state index contributed by atoms with van der Waals surface area (Å²) in [5.74, 6) is -0.764. The Hall–Kier alpha value is -0.380. The first-order chi connectivity index (χ1) is 17.6. The van der Waals surface area contributed by atoms with Crippen LogP contribution in [0.3, 0.4) is 0 Å². The zero-order chi connectivity index (χ0) is 26.5. The van der Waals surface area contributed by atoms with Crippen molar-refractivity contribution in [1.29, 1.82) is 0 Å². The third-order valence-electron chi connectivity index (χ3n) is 7.27. The second-order valence-electron chi connectivity index (χ2n) is 10.9. The van der Waals surface area contributed by atoms with Gasteiger partial charge in [0.05, 0.1) is 0 Å². The number of ether oxygens (including phenoxy) is 1. The van der Waals surface area contributed by atoms with Crippen molar-refractivity contribution >= 4 is 27.9 Å². The van der Waals surface area contributed by atoms with E-state index in [1.54, 1.807) is 0 Å². The van der Waals surface area contributed by atoms with Crippen molar-refractivity contribution in [2.24, 2.45) is 0 Å². The van der Waals surface area contributed by atoms with Crippen LogP contribution in [0.2, 0.25) is 0 Å². The van der Waals surface area contributed by atoms with Crippen molar-refractivity contribution in [2.75, 3.05) is 0 Å². The lowest BCUT2D eigenvalue weighted by Gasteiger charge is -2.09. The van der Waals surface area contributed by atoms with Crippen LogP contribution < -0.4 is 0 Å². The number of halogens is 1. The number of unbranched alkanes of at least 4 members (excludes halogenated alkanes) is 23. The van der Waals surface area contributed by atoms with Gasteiger partial charge in [0.1, 0.15) is 4.83 Å². The molecule has 0 aliphatic heterocycles. The summed E-state index contributed by atoms with van der Waals surface area (Å²) in [5, 5.41) is 0. The average Bonchev–Trinajstić information content (AvgIpc) is 2.87. The SMILES string of the molecule is CCCCCCCCCCCCCCCC(=O)OC(=O)C(Br)CCCCCCCCCCCCCC. The van der Waals surface area contributed by atoms with E-state index in [1.807, 2.05) is 0 Å². The highest BCUT2D eigenvalue weighted by Gasteiger charge is 2.19. The molecule has 0 aliphatic rings. The molecule has 1 unspecified atom stereocenters. The van der Waals surface area contributed by atoms with Gasteiger partial charge >= 0.3 is 11.9 Å². The minimum Gasteiger partial charge on any atom is -0.392 e. The van der Waals surface area contributed by atoms with E-state index in [1.165, 1.54) is 135 Å². The molecule has 0 amide bonds. The first kappa shape index (κ1) is 35.6. The lowest BCUT2D eigenvalue weighted by Crippen LogP contribution is -2.21. The number of carbonyl (C=O) groups excluding carboxylic acids is 2. The molecule has 0 N–H and O–H groups in total. The first-order valence-corrected chi connectivity index (χ1v) is 16.9. The van der Waals surface area contributed by atoms with Crippen molar-refractivity contribution in [3.8, 4) is 0 Å². The number of hydrogen-bond acceptors (Lipinski definition) is 3. The molecule has 0 bridgehead atoms. The van der Waals surface area contributed by atoms with Gasteiger partial charge in [-0.3, -0.25) is 9.59 Å². The smallest absolute Gasteiger partial charge is 0.327 e. The summed E-state index contributed by atoms with van der Waals surface area (Å²) in [5.41, 5.74) is 0. The van der Waals surface area contributed by atoms with Gasteiger partial charge in [0.2, 0.25) is 0 Å². The zero-order valence-electron chi connectivity index (χ0n) is 24.3. The highest BCUT2D eigenvalue weighted by molar-refractivity contribution is 9.10. The summed E-state index contributed by atoms with van der Waals surface area (Å²) in [6.07, 6.45) is 33.4. The van der Waals surface area contributed by atoms with E-state index in [-0.39, 0.29) is 10.8 Å². The van der Waals surface area contributed by atoms with Crippen molar-refractivity contribution in [1.82, 2.24) is 0 Å². The van der Waals surface area contributed by atoms with Crippen molar-refractivity contribution < 1.29 is 14.3 Å². The van der Waals surface area contributed by atoms with Gasteiger partial charge in [-0.05, 0) is 12.8 Å². The van der Waals surface area contributed by atoms with E-state index in [9.17, 15) is 9.59 Å². The molecule has 36 heavy (non-hydrogen) atoms. The third kappa shape index (κ3) is 26.7. The fourth-order valence-electron chi connectivity index (χ4n) is 4.80. The predicted octanol–water partition coefficient (Wildman–Crippen LogP) is 11.4. The van der Waals surface area contributed by atoms with E-state index < -0.39 is 5.97 Å². The van der Waals surface area contributed by atoms with Crippen LogP contribution in [0.25, 0.3) is 0 Å². The molecule has 1 atom stereocenters. The Labute approximate surface area is 233 Å². The Morgan fingerprint density at radius 1 is 0.500 bits per heavy atom. The molecule has 0 aromatic heterocycles. The maximum Gasteiger partial charge on any atom is 0.327 e. The molecule has 0 fully saturated rings. The second kappa shape index (κ2) is 29.2. The maximum atomic E-state index is 12.1. The molecule has 3 nitrogen and oxygen atoms in total. The molecule has 0 saturated heterocycles. The van der Waals surface area contributed by atoms with Gasteiger partial charge in [-0.1, -0.05) is 184 Å². The molecule has 0 spiro atoms. The summed E-state index contributed by atoms with van der Waals surface area (Å²) in [6, 6.07) is 0. The molecule has 0 heterocycles. The zero-order valence-corrected chi connectivity index (χ0v) is 25.9. The van der Waals surface area contributed by atoms with Crippen molar-refractivity contribution in [2.45, 2.75) is 192 Å². The highest BCUT2D eigenvalue weighted by atomic mass is 79.9. The highest BCUT2D eigenvalue weighted by Crippen LogP contribution is 2.17. The summed E-state index contributed by atoms with van der Waals surface area (Å²) in [7, 11) is 0. The number of esters is 2. The molecule has 0 saturated carbocycles. The quantitative estimate of drug-likeness (QED) is 0.0405. The first-order valence-electron chi connectivity index (χ1n) is 16.0. The van der Waals surface area contributed by atoms with Crippen LogP contribution in [-0.4, -0.2) is 16.8 Å². The second-order valence-corrected chi connectivity index (χ2v) is 12.0. The number of carbonyl (C=O) groups is 2. The van der Waals surface area contributed by atoms with Crippen molar-refractivity contribution in [3.05, 3.63) is 0 Å². The van der Waals surface area contributed by atoms with Crippen LogP contribution in [0.5, 0.6) is 0 Å². The molecule has 0 rings (SSSR count). The number of hydrogen-bond donors (Lipinski definition) is 0. The van der Waals surface area contributed by atoms with Gasteiger partial charge in [-0.25, -0.2) is 0 Å². The van der Waals surface area contributed by atoms with Gasteiger partial charge < -0.3 is 4.74 Å². The van der Waals surface area contributed by atoms with Crippen LogP contribution in [-0.2, 0) is 14.3 Å². The molecule has 0 aromatic carbocycles. The summed E-state index contributed by atoms with van der Waals surface area (Å²) >= 11 is 3.42. The minimum atomic E-state index is -0.405. The predicted molar refractivity (Wildman–Crippen MR) is 160 cm³/mol. The van der Waals surface area contributed by atoms with Gasteiger partial charge in [-0.15, -0.1) is 0 Å². The lowest BCUT2D eigenvalue weighted by atomic mass is 10.0. The van der Waals surface area contributed by atoms with Crippen LogP contribution >= 0.6 is 15.9 Å². The Balaban J connectivity index is 3.43. The number of rotatable bonds is 28. The summed E-state index contributed by atoms with van der Waals surface area (Å²) in [4.78, 5) is 23.7. The molecular weight excluding hydrogens is 512 g/mol. The van der Waals surface area contributed by atoms with Crippen LogP contribution in [0.1, 0.15) is 187 Å². The van der Waals surface area contributed by atoms with E-state index >= 15 is 0 Å². The maximum absolute atomic E-state index is 12.1. The minimum absolute atomic E-state index is 0.351. The fourth-order valence-corrected chi connectivity index (χ4v) is 5.21. The van der Waals surface area contributed by atoms with Crippen LogP contribution in [0.15, 0.2) is 0 Å². The number of alkyl halides is 1. The van der Waals surface area contributed by atoms with Gasteiger partial charge in [-0.2, -0.15) is 0 Å². The van der Waals surface area contributed by atoms with Gasteiger partial charge in [0, 0.05) is 6.42 Å². The third-order valence-corrected chi connectivity index (χ3v) is 8.10. The standard InChI is InChI=1S/C32H61BrO3/c1-3-5-7-9-11-13-15-17-19-21-23-25-27-29-31(34)36-32(35)30(33)28-26-24-22-20-18-16-14-12-10-8-6-4-2/h30H,3-29H2,1-2H3. The molecule has 0 radical (unpaired) electrons. The molecule has 0 aliphatic carbocycles. The summed E-state index contributed by atoms with van der Waals surface area (Å²) in [6.45, 7) is 4.53. The van der Waals surface area contributed by atoms with E-state index in [2.05, 4.69) is 29.8 Å². The topological polar surface area (TPSA) is 43.4 Å². The van der Waals surface area contributed by atoms with Gasteiger partial charge in [0.15, 0.2) is 0 Å². The van der Waals surface area contributed by atoms with Crippen molar-refractivity contribution in [3.63, 3.8) is 0 Å². The van der Waals surface area contributed by atoms with E-state index in [0.29, 0.717) is 6.42 Å². The van der Waals surface area contributed by atoms with E-state index in [4.69, 9.17) is 4.74 Å². The largest absolute Gasteiger partial charge is 0.392 e. The molecule has 4 heteroatoms. The monoisotopic (exact) mass is 572 g/mol. The Morgan fingerprint density at radius 3 is 1.17 bits per heavy atom. The molecular formula is C32H61BrO3.